The Morgan fingerprint density at radius 2 is 1.58 bits per heavy atom. The molecule has 3 aromatic carbocycles. The lowest BCUT2D eigenvalue weighted by Gasteiger charge is -2.12. The van der Waals surface area contributed by atoms with Crippen molar-refractivity contribution in [3.05, 3.63) is 96.4 Å². The molecule has 0 bridgehead atoms. The zero-order valence-corrected chi connectivity index (χ0v) is 20.5. The number of anilines is 3. The van der Waals surface area contributed by atoms with Gasteiger partial charge in [0.05, 0.1) is 11.1 Å². The molecule has 2 aromatic heterocycles. The first kappa shape index (κ1) is 24.7. The Hall–Kier alpha value is -5.03. The molecule has 7 N–H and O–H groups in total. The van der Waals surface area contributed by atoms with Crippen molar-refractivity contribution < 1.29 is 17.6 Å². The largest absolute Gasteiger partial charge is 0.383 e. The molecule has 0 saturated carbocycles. The second kappa shape index (κ2) is 9.45. The van der Waals surface area contributed by atoms with Crippen LogP contribution in [0.3, 0.4) is 0 Å². The number of hydrogen-bond donors (Lipinski definition) is 4. The number of pyridine rings is 2. The van der Waals surface area contributed by atoms with Crippen LogP contribution in [0.15, 0.2) is 90.0 Å². The lowest BCUT2D eigenvalue weighted by Crippen LogP contribution is -2.15. The summed E-state index contributed by atoms with van der Waals surface area (Å²) in [6, 6.07) is 20.8. The summed E-state index contributed by atoms with van der Waals surface area (Å²) in [4.78, 5) is 20.0. The van der Waals surface area contributed by atoms with Gasteiger partial charge in [0.15, 0.2) is 0 Å². The molecule has 38 heavy (non-hydrogen) atoms. The maximum absolute atomic E-state index is 14.0. The predicted octanol–water partition coefficient (Wildman–Crippen LogP) is 4.17. The van der Waals surface area contributed by atoms with E-state index in [2.05, 4.69) is 14.7 Å². The van der Waals surface area contributed by atoms with E-state index in [1.165, 1.54) is 24.4 Å². The van der Waals surface area contributed by atoms with E-state index in [4.69, 9.17) is 17.2 Å². The number of nitrogens with one attached hydrogen (secondary N) is 1. The number of nitrogens with zero attached hydrogens (tertiary/aromatic N) is 2. The normalized spacial score (nSPS) is 11.4. The summed E-state index contributed by atoms with van der Waals surface area (Å²) in [5, 5.41) is 0.667. The van der Waals surface area contributed by atoms with Crippen molar-refractivity contribution in [2.75, 3.05) is 16.2 Å². The number of rotatable bonds is 6. The van der Waals surface area contributed by atoms with E-state index in [1.807, 2.05) is 0 Å². The van der Waals surface area contributed by atoms with E-state index in [-0.39, 0.29) is 22.1 Å². The van der Waals surface area contributed by atoms with Gasteiger partial charge in [-0.25, -0.2) is 22.8 Å². The number of aromatic nitrogens is 2. The van der Waals surface area contributed by atoms with Gasteiger partial charge in [0, 0.05) is 28.4 Å². The lowest BCUT2D eigenvalue weighted by molar-refractivity contribution is 0.0996. The highest BCUT2D eigenvalue weighted by Gasteiger charge is 2.20. The number of halogens is 1. The Balaban J connectivity index is 1.57. The molecule has 0 aliphatic carbocycles. The third-order valence-corrected chi connectivity index (χ3v) is 7.33. The second-order valence-corrected chi connectivity index (χ2v) is 10.1. The van der Waals surface area contributed by atoms with Crippen LogP contribution in [0.2, 0.25) is 0 Å². The molecule has 9 nitrogen and oxygen atoms in total. The van der Waals surface area contributed by atoms with Crippen LogP contribution in [0.1, 0.15) is 10.4 Å². The van der Waals surface area contributed by atoms with Crippen molar-refractivity contribution in [3.63, 3.8) is 0 Å². The summed E-state index contributed by atoms with van der Waals surface area (Å²) in [6.07, 6.45) is 1.47. The SMILES string of the molecule is NC(=O)c1cc(-c2cc3cc(-c4cnc(N)c(S(=O)(=O)Nc5ccccc5)c4)ccc3nc2N)ccc1F. The quantitative estimate of drug-likeness (QED) is 0.256. The minimum Gasteiger partial charge on any atom is -0.383 e. The van der Waals surface area contributed by atoms with E-state index in [1.54, 1.807) is 54.6 Å². The fourth-order valence-corrected chi connectivity index (χ4v) is 5.19. The summed E-state index contributed by atoms with van der Waals surface area (Å²) in [5.74, 6) is -1.60. The zero-order chi connectivity index (χ0) is 27.0. The van der Waals surface area contributed by atoms with Crippen LogP contribution in [-0.2, 0) is 10.0 Å². The van der Waals surface area contributed by atoms with Crippen molar-refractivity contribution in [1.82, 2.24) is 9.97 Å². The van der Waals surface area contributed by atoms with Crippen molar-refractivity contribution in [1.29, 1.82) is 0 Å². The van der Waals surface area contributed by atoms with E-state index >= 15 is 0 Å². The molecular weight excluding hydrogens is 507 g/mol. The Morgan fingerprint density at radius 3 is 2.32 bits per heavy atom. The number of nitrogen functional groups attached to an aromatic ring is 2. The minimum absolute atomic E-state index is 0.142. The van der Waals surface area contributed by atoms with Crippen LogP contribution in [0.5, 0.6) is 0 Å². The molecule has 0 atom stereocenters. The monoisotopic (exact) mass is 528 g/mol. The van der Waals surface area contributed by atoms with Crippen LogP contribution >= 0.6 is 0 Å². The molecule has 2 heterocycles. The first-order chi connectivity index (χ1) is 18.1. The highest BCUT2D eigenvalue weighted by molar-refractivity contribution is 7.92. The molecule has 1 amide bonds. The first-order valence-electron chi connectivity index (χ1n) is 11.3. The van der Waals surface area contributed by atoms with Crippen molar-refractivity contribution in [3.8, 4) is 22.3 Å². The number of sulfonamides is 1. The zero-order valence-electron chi connectivity index (χ0n) is 19.7. The van der Waals surface area contributed by atoms with E-state index in [9.17, 15) is 17.6 Å². The maximum Gasteiger partial charge on any atom is 0.265 e. The molecule has 0 unspecified atom stereocenters. The van der Waals surface area contributed by atoms with E-state index in [0.29, 0.717) is 38.8 Å². The third-order valence-electron chi connectivity index (χ3n) is 5.92. The summed E-state index contributed by atoms with van der Waals surface area (Å²) >= 11 is 0. The van der Waals surface area contributed by atoms with Gasteiger partial charge in [0.25, 0.3) is 15.9 Å². The smallest absolute Gasteiger partial charge is 0.265 e. The Morgan fingerprint density at radius 1 is 0.842 bits per heavy atom. The number of carbonyl (C=O) groups excluding carboxylic acids is 1. The molecule has 0 fully saturated rings. The van der Waals surface area contributed by atoms with Crippen molar-refractivity contribution in [2.24, 2.45) is 5.73 Å². The van der Waals surface area contributed by atoms with Gasteiger partial charge in [-0.3, -0.25) is 9.52 Å². The molecule has 5 rings (SSSR count). The van der Waals surface area contributed by atoms with Crippen LogP contribution in [0.25, 0.3) is 33.2 Å². The van der Waals surface area contributed by atoms with Gasteiger partial charge >= 0.3 is 0 Å². The summed E-state index contributed by atoms with van der Waals surface area (Å²) in [5.41, 5.74) is 20.2. The van der Waals surface area contributed by atoms with Crippen LogP contribution in [0.4, 0.5) is 21.7 Å². The van der Waals surface area contributed by atoms with E-state index in [0.717, 1.165) is 6.07 Å². The van der Waals surface area contributed by atoms with Crippen molar-refractivity contribution in [2.45, 2.75) is 4.90 Å². The number of primary amides is 1. The Labute approximate surface area is 217 Å². The predicted molar refractivity (Wildman–Crippen MR) is 145 cm³/mol. The highest BCUT2D eigenvalue weighted by atomic mass is 32.2. The number of benzene rings is 3. The highest BCUT2D eigenvalue weighted by Crippen LogP contribution is 2.33. The van der Waals surface area contributed by atoms with Gasteiger partial charge in [-0.15, -0.1) is 0 Å². The molecule has 0 aliphatic heterocycles. The van der Waals surface area contributed by atoms with Gasteiger partial charge < -0.3 is 17.2 Å². The number of para-hydroxylation sites is 1. The molecule has 0 radical (unpaired) electrons. The minimum atomic E-state index is -4.01. The van der Waals surface area contributed by atoms with Gasteiger partial charge in [0.1, 0.15) is 22.3 Å². The molecule has 5 aromatic rings. The fourth-order valence-electron chi connectivity index (χ4n) is 4.03. The lowest BCUT2D eigenvalue weighted by atomic mass is 9.99. The Bertz CT molecular complexity index is 1830. The molecule has 0 spiro atoms. The average molecular weight is 529 g/mol. The topological polar surface area (TPSA) is 167 Å². The number of carbonyl (C=O) groups is 1. The van der Waals surface area contributed by atoms with Gasteiger partial charge in [-0.05, 0) is 59.7 Å². The van der Waals surface area contributed by atoms with Crippen LogP contribution in [0, 0.1) is 5.82 Å². The number of nitrogens with two attached hydrogens (primary N) is 3. The van der Waals surface area contributed by atoms with Crippen molar-refractivity contribution >= 4 is 44.2 Å². The van der Waals surface area contributed by atoms with Gasteiger partial charge in [-0.2, -0.15) is 0 Å². The molecule has 11 heteroatoms. The standard InChI is InChI=1S/C27H21FN6O3S/c28-22-8-6-16(11-21(22)27(31)35)20-12-17-10-15(7-9-23(17)33-25(20)29)18-13-24(26(30)32-14-18)38(36,37)34-19-4-2-1-3-5-19/h1-14,34H,(H2,29,33)(H2,30,32)(H2,31,35). The summed E-state index contributed by atoms with van der Waals surface area (Å²) in [6.45, 7) is 0. The molecular formula is C27H21FN6O3S. The number of hydrogen-bond acceptors (Lipinski definition) is 7. The third kappa shape index (κ3) is 4.70. The van der Waals surface area contributed by atoms with Crippen LogP contribution < -0.4 is 21.9 Å². The average Bonchev–Trinajstić information content (AvgIpc) is 2.89. The molecule has 190 valence electrons. The first-order valence-corrected chi connectivity index (χ1v) is 12.7. The summed E-state index contributed by atoms with van der Waals surface area (Å²) in [7, 11) is -4.01. The second-order valence-electron chi connectivity index (χ2n) is 8.47. The molecule has 0 aliphatic rings. The number of amides is 1. The Kier molecular flexibility index (Phi) is 6.13. The van der Waals surface area contributed by atoms with Gasteiger partial charge in [0.2, 0.25) is 0 Å². The fraction of sp³-hybridized carbons (Fsp3) is 0. The maximum atomic E-state index is 14.0. The van der Waals surface area contributed by atoms with E-state index < -0.39 is 21.7 Å². The molecule has 0 saturated heterocycles. The number of fused-ring (bicyclic) bond motifs is 1. The summed E-state index contributed by atoms with van der Waals surface area (Å²) < 4.78 is 42.6. The van der Waals surface area contributed by atoms with Crippen LogP contribution in [-0.4, -0.2) is 24.3 Å². The van der Waals surface area contributed by atoms with Gasteiger partial charge in [-0.1, -0.05) is 30.3 Å².